The molecule has 114 valence electrons. The maximum atomic E-state index is 11.7. The lowest BCUT2D eigenvalue weighted by atomic mass is 10.1. The van der Waals surface area contributed by atoms with Crippen LogP contribution in [0.25, 0.3) is 0 Å². The number of nitrogens with one attached hydrogen (secondary N) is 1. The van der Waals surface area contributed by atoms with Gasteiger partial charge in [0.05, 0.1) is 17.4 Å². The number of sulfonamides is 1. The number of nitrogens with zero attached hydrogens (tertiary/aromatic N) is 1. The van der Waals surface area contributed by atoms with E-state index in [4.69, 9.17) is 5.14 Å². The number of likely N-dealkylation sites (tertiary alicyclic amines) is 1. The molecule has 3 N–H and O–H groups in total. The fourth-order valence-electron chi connectivity index (χ4n) is 2.15. The summed E-state index contributed by atoms with van der Waals surface area (Å²) in [5, 5.41) is 8.05. The predicted octanol–water partition coefficient (Wildman–Crippen LogP) is -0.777. The van der Waals surface area contributed by atoms with Gasteiger partial charge in [-0.25, -0.2) is 13.6 Å². The van der Waals surface area contributed by atoms with Gasteiger partial charge in [-0.05, 0) is 30.7 Å². The first-order valence-corrected chi connectivity index (χ1v) is 7.99. The van der Waals surface area contributed by atoms with E-state index in [-0.39, 0.29) is 23.1 Å². The number of hydrogen-bond acceptors (Lipinski definition) is 5. The summed E-state index contributed by atoms with van der Waals surface area (Å²) >= 11 is 0. The first-order valence-electron chi connectivity index (χ1n) is 6.44. The fourth-order valence-corrected chi connectivity index (χ4v) is 2.67. The molecule has 1 fully saturated rings. The molecular weight excluding hydrogens is 294 g/mol. The van der Waals surface area contributed by atoms with Gasteiger partial charge in [-0.2, -0.15) is 0 Å². The molecule has 2 amide bonds. The van der Waals surface area contributed by atoms with Crippen LogP contribution < -0.4 is 10.5 Å². The number of rotatable bonds is 5. The van der Waals surface area contributed by atoms with E-state index >= 15 is 0 Å². The van der Waals surface area contributed by atoms with Gasteiger partial charge in [0.1, 0.15) is 0 Å². The molecular formula is C13H17N3O4S. The molecule has 2 rings (SSSR count). The van der Waals surface area contributed by atoms with Gasteiger partial charge in [-0.3, -0.25) is 14.5 Å². The van der Waals surface area contributed by atoms with Gasteiger partial charge in [0.15, 0.2) is 0 Å². The third kappa shape index (κ3) is 3.66. The smallest absolute Gasteiger partial charge is 0.246 e. The Morgan fingerprint density at radius 2 is 1.90 bits per heavy atom. The van der Waals surface area contributed by atoms with Crippen molar-refractivity contribution in [2.45, 2.75) is 23.8 Å². The van der Waals surface area contributed by atoms with Crippen LogP contribution in [0, 0.1) is 0 Å². The number of primary sulfonamides is 1. The predicted molar refractivity (Wildman–Crippen MR) is 75.7 cm³/mol. The quantitative estimate of drug-likeness (QED) is 0.694. The lowest BCUT2D eigenvalue weighted by molar-refractivity contribution is -0.137. The molecule has 1 saturated heterocycles. The van der Waals surface area contributed by atoms with Crippen molar-refractivity contribution in [3.8, 4) is 0 Å². The maximum absolute atomic E-state index is 11.7. The molecule has 0 unspecified atom stereocenters. The number of imide groups is 1. The van der Waals surface area contributed by atoms with Crippen LogP contribution in [0.1, 0.15) is 12.0 Å². The Balaban J connectivity index is 1.87. The van der Waals surface area contributed by atoms with Gasteiger partial charge >= 0.3 is 0 Å². The van der Waals surface area contributed by atoms with E-state index in [0.29, 0.717) is 13.0 Å². The van der Waals surface area contributed by atoms with Crippen molar-refractivity contribution in [2.75, 3.05) is 13.6 Å². The Bertz CT molecular complexity index is 654. The van der Waals surface area contributed by atoms with Gasteiger partial charge in [0.25, 0.3) is 0 Å². The molecule has 21 heavy (non-hydrogen) atoms. The molecule has 1 aromatic rings. The molecule has 7 nitrogen and oxygen atoms in total. The summed E-state index contributed by atoms with van der Waals surface area (Å²) in [4.78, 5) is 24.2. The molecule has 0 radical (unpaired) electrons. The van der Waals surface area contributed by atoms with Crippen molar-refractivity contribution in [1.82, 2.24) is 10.2 Å². The fraction of sp³-hybridized carbons (Fsp3) is 0.385. The lowest BCUT2D eigenvalue weighted by Crippen LogP contribution is -2.38. The van der Waals surface area contributed by atoms with E-state index in [2.05, 4.69) is 5.32 Å². The molecule has 1 aliphatic heterocycles. The molecule has 0 bridgehead atoms. The van der Waals surface area contributed by atoms with Gasteiger partial charge in [0, 0.05) is 7.05 Å². The van der Waals surface area contributed by atoms with Gasteiger partial charge in [-0.15, -0.1) is 0 Å². The Kier molecular flexibility index (Phi) is 4.40. The summed E-state index contributed by atoms with van der Waals surface area (Å²) in [5.41, 5.74) is 0.917. The molecule has 1 heterocycles. The number of carbonyl (C=O) groups excluding carboxylic acids is 2. The zero-order chi connectivity index (χ0) is 15.6. The van der Waals surface area contributed by atoms with Crippen molar-refractivity contribution in [1.29, 1.82) is 0 Å². The van der Waals surface area contributed by atoms with Crippen molar-refractivity contribution in [3.63, 3.8) is 0 Å². The van der Waals surface area contributed by atoms with Crippen LogP contribution in [-0.4, -0.2) is 44.8 Å². The molecule has 0 spiro atoms. The van der Waals surface area contributed by atoms with E-state index in [1.165, 1.54) is 19.2 Å². The van der Waals surface area contributed by atoms with Crippen LogP contribution in [0.3, 0.4) is 0 Å². The molecule has 8 heteroatoms. The van der Waals surface area contributed by atoms with Crippen molar-refractivity contribution < 1.29 is 18.0 Å². The summed E-state index contributed by atoms with van der Waals surface area (Å²) in [6.07, 6.45) is 0.798. The highest BCUT2D eigenvalue weighted by Gasteiger charge is 2.35. The standard InChI is InChI=1S/C13H17N3O4S/c1-16-12(17)8-11(13(16)18)15-7-6-9-2-4-10(5-3-9)21(14,19)20/h2-5,11,15H,6-8H2,1H3,(H2,14,19,20)/t11-/m1/s1. The molecule has 0 aromatic heterocycles. The first kappa shape index (κ1) is 15.6. The Morgan fingerprint density at radius 1 is 1.29 bits per heavy atom. The van der Waals surface area contributed by atoms with Crippen LogP contribution in [0.15, 0.2) is 29.2 Å². The molecule has 1 atom stereocenters. The summed E-state index contributed by atoms with van der Waals surface area (Å²) < 4.78 is 22.2. The second kappa shape index (κ2) is 5.92. The minimum atomic E-state index is -3.68. The monoisotopic (exact) mass is 311 g/mol. The van der Waals surface area contributed by atoms with Crippen LogP contribution in [0.2, 0.25) is 0 Å². The molecule has 1 aliphatic rings. The summed E-state index contributed by atoms with van der Waals surface area (Å²) in [7, 11) is -2.21. The van der Waals surface area contributed by atoms with Crippen molar-refractivity contribution >= 4 is 21.8 Å². The highest BCUT2D eigenvalue weighted by atomic mass is 32.2. The van der Waals surface area contributed by atoms with E-state index in [1.807, 2.05) is 0 Å². The maximum Gasteiger partial charge on any atom is 0.246 e. The van der Waals surface area contributed by atoms with E-state index < -0.39 is 16.1 Å². The number of hydrogen-bond donors (Lipinski definition) is 2. The van der Waals surface area contributed by atoms with Crippen LogP contribution in [-0.2, 0) is 26.0 Å². The molecule has 1 aromatic carbocycles. The number of carbonyl (C=O) groups is 2. The van der Waals surface area contributed by atoms with Crippen molar-refractivity contribution in [2.24, 2.45) is 5.14 Å². The van der Waals surface area contributed by atoms with Crippen molar-refractivity contribution in [3.05, 3.63) is 29.8 Å². The third-order valence-corrected chi connectivity index (χ3v) is 4.37. The largest absolute Gasteiger partial charge is 0.305 e. The number of likely N-dealkylation sites (N-methyl/N-ethyl adjacent to an activating group) is 1. The second-order valence-corrected chi connectivity index (χ2v) is 6.50. The Labute approximate surface area is 123 Å². The second-order valence-electron chi connectivity index (χ2n) is 4.94. The first-order chi connectivity index (χ1) is 9.79. The highest BCUT2D eigenvalue weighted by molar-refractivity contribution is 7.89. The molecule has 0 saturated carbocycles. The van der Waals surface area contributed by atoms with Crippen LogP contribution >= 0.6 is 0 Å². The zero-order valence-electron chi connectivity index (χ0n) is 11.6. The highest BCUT2D eigenvalue weighted by Crippen LogP contribution is 2.11. The average Bonchev–Trinajstić information content (AvgIpc) is 2.66. The van der Waals surface area contributed by atoms with E-state index in [9.17, 15) is 18.0 Å². The summed E-state index contributed by atoms with van der Waals surface area (Å²) in [5.74, 6) is -0.403. The summed E-state index contributed by atoms with van der Waals surface area (Å²) in [6.45, 7) is 0.520. The van der Waals surface area contributed by atoms with E-state index in [0.717, 1.165) is 10.5 Å². The Morgan fingerprint density at radius 3 is 2.38 bits per heavy atom. The number of benzene rings is 1. The topological polar surface area (TPSA) is 110 Å². The average molecular weight is 311 g/mol. The summed E-state index contributed by atoms with van der Waals surface area (Å²) in [6, 6.07) is 5.78. The van der Waals surface area contributed by atoms with Gasteiger partial charge < -0.3 is 5.32 Å². The van der Waals surface area contributed by atoms with Gasteiger partial charge in [0.2, 0.25) is 21.8 Å². The van der Waals surface area contributed by atoms with E-state index in [1.54, 1.807) is 12.1 Å². The van der Waals surface area contributed by atoms with Gasteiger partial charge in [-0.1, -0.05) is 12.1 Å². The zero-order valence-corrected chi connectivity index (χ0v) is 12.4. The number of amides is 2. The number of nitrogens with two attached hydrogens (primary N) is 1. The SMILES string of the molecule is CN1C(=O)C[C@@H](NCCc2ccc(S(N)(=O)=O)cc2)C1=O. The Hall–Kier alpha value is -1.77. The normalized spacial score (nSPS) is 19.3. The van der Waals surface area contributed by atoms with Crippen LogP contribution in [0.5, 0.6) is 0 Å². The lowest BCUT2D eigenvalue weighted by Gasteiger charge is -2.11. The minimum absolute atomic E-state index is 0.0670. The minimum Gasteiger partial charge on any atom is -0.305 e. The van der Waals surface area contributed by atoms with Crippen LogP contribution in [0.4, 0.5) is 0 Å². The third-order valence-electron chi connectivity index (χ3n) is 3.44. The molecule has 0 aliphatic carbocycles.